The molecular weight excluding hydrogens is 389 g/mol. The van der Waals surface area contributed by atoms with Crippen LogP contribution in [0, 0.1) is 6.92 Å². The predicted molar refractivity (Wildman–Crippen MR) is 106 cm³/mol. The third-order valence-corrected chi connectivity index (χ3v) is 4.60. The quantitative estimate of drug-likeness (QED) is 0.410. The fourth-order valence-corrected chi connectivity index (χ4v) is 3.12. The molecule has 0 saturated heterocycles. The Hall–Kier alpha value is -2.42. The Kier molecular flexibility index (Phi) is 7.98. The summed E-state index contributed by atoms with van der Waals surface area (Å²) in [7, 11) is 1.63. The molecular formula is C19H23F3N4OS. The lowest BCUT2D eigenvalue weighted by Gasteiger charge is -2.15. The van der Waals surface area contributed by atoms with E-state index in [1.165, 1.54) is 16.7 Å². The van der Waals surface area contributed by atoms with Gasteiger partial charge in [-0.15, -0.1) is 11.8 Å². The van der Waals surface area contributed by atoms with Gasteiger partial charge in [-0.25, -0.2) is 4.98 Å². The standard InChI is InChI=1S/C19H23F3N4OS/c1-13-6-7-14(16(9-13)28-3)10-25-18(23-2)26-11-15-5-4-8-24-17(15)27-12-19(20,21)22/h4-9H,10-12H2,1-3H3,(H2,23,25,26). The van der Waals surface area contributed by atoms with Gasteiger partial charge in [-0.3, -0.25) is 4.99 Å². The number of benzene rings is 1. The molecule has 0 bridgehead atoms. The van der Waals surface area contributed by atoms with Crippen molar-refractivity contribution in [1.29, 1.82) is 0 Å². The van der Waals surface area contributed by atoms with Gasteiger partial charge in [0.05, 0.1) is 0 Å². The second-order valence-electron chi connectivity index (χ2n) is 5.97. The molecule has 2 N–H and O–H groups in total. The van der Waals surface area contributed by atoms with Gasteiger partial charge >= 0.3 is 6.18 Å². The molecule has 5 nitrogen and oxygen atoms in total. The molecule has 1 aromatic carbocycles. The number of hydrogen-bond donors (Lipinski definition) is 2. The van der Waals surface area contributed by atoms with Crippen molar-refractivity contribution in [3.8, 4) is 5.88 Å². The summed E-state index contributed by atoms with van der Waals surface area (Å²) in [5.41, 5.74) is 2.84. The van der Waals surface area contributed by atoms with Crippen LogP contribution in [0.2, 0.25) is 0 Å². The van der Waals surface area contributed by atoms with E-state index in [0.717, 1.165) is 5.56 Å². The highest BCUT2D eigenvalue weighted by atomic mass is 32.2. The first-order valence-electron chi connectivity index (χ1n) is 8.54. The molecule has 1 heterocycles. The van der Waals surface area contributed by atoms with Crippen LogP contribution in [0.15, 0.2) is 46.4 Å². The molecule has 0 aliphatic carbocycles. The number of pyridine rings is 1. The van der Waals surface area contributed by atoms with Crippen LogP contribution >= 0.6 is 11.8 Å². The van der Waals surface area contributed by atoms with E-state index >= 15 is 0 Å². The molecule has 0 atom stereocenters. The number of aryl methyl sites for hydroxylation is 1. The van der Waals surface area contributed by atoms with Gasteiger partial charge in [0.2, 0.25) is 5.88 Å². The molecule has 0 spiro atoms. The Labute approximate surface area is 166 Å². The Bertz CT molecular complexity index is 812. The number of nitrogens with one attached hydrogen (secondary N) is 2. The van der Waals surface area contributed by atoms with Crippen LogP contribution in [0.25, 0.3) is 0 Å². The summed E-state index contributed by atoms with van der Waals surface area (Å²) < 4.78 is 42.0. The SMILES string of the molecule is CN=C(NCc1ccc(C)cc1SC)NCc1cccnc1OCC(F)(F)F. The highest BCUT2D eigenvalue weighted by Crippen LogP contribution is 2.22. The molecule has 0 radical (unpaired) electrons. The first-order valence-corrected chi connectivity index (χ1v) is 9.76. The zero-order valence-electron chi connectivity index (χ0n) is 15.9. The zero-order chi connectivity index (χ0) is 20.6. The van der Waals surface area contributed by atoms with Crippen LogP contribution < -0.4 is 15.4 Å². The van der Waals surface area contributed by atoms with Crippen LogP contribution in [-0.4, -0.2) is 37.0 Å². The number of rotatable bonds is 7. The number of guanidine groups is 1. The van der Waals surface area contributed by atoms with Crippen LogP contribution in [0.4, 0.5) is 13.2 Å². The van der Waals surface area contributed by atoms with E-state index in [9.17, 15) is 13.2 Å². The minimum atomic E-state index is -4.41. The van der Waals surface area contributed by atoms with Crippen molar-refractivity contribution in [2.45, 2.75) is 31.1 Å². The van der Waals surface area contributed by atoms with Crippen molar-refractivity contribution in [1.82, 2.24) is 15.6 Å². The number of alkyl halides is 3. The van der Waals surface area contributed by atoms with Gasteiger partial charge in [-0.05, 0) is 36.4 Å². The van der Waals surface area contributed by atoms with Gasteiger partial charge in [0, 0.05) is 36.8 Å². The number of nitrogens with zero attached hydrogens (tertiary/aromatic N) is 2. The third kappa shape index (κ3) is 6.95. The van der Waals surface area contributed by atoms with E-state index < -0.39 is 12.8 Å². The Morgan fingerprint density at radius 2 is 1.89 bits per heavy atom. The van der Waals surface area contributed by atoms with Crippen molar-refractivity contribution in [3.05, 3.63) is 53.2 Å². The first-order chi connectivity index (χ1) is 13.3. The van der Waals surface area contributed by atoms with E-state index in [0.29, 0.717) is 18.1 Å². The molecule has 1 aromatic heterocycles. The van der Waals surface area contributed by atoms with Crippen LogP contribution in [0.5, 0.6) is 5.88 Å². The molecule has 28 heavy (non-hydrogen) atoms. The fourth-order valence-electron chi connectivity index (χ4n) is 2.42. The van der Waals surface area contributed by atoms with Gasteiger partial charge in [0.15, 0.2) is 12.6 Å². The summed E-state index contributed by atoms with van der Waals surface area (Å²) in [4.78, 5) is 9.22. The van der Waals surface area contributed by atoms with E-state index in [2.05, 4.69) is 32.7 Å². The van der Waals surface area contributed by atoms with Crippen molar-refractivity contribution < 1.29 is 17.9 Å². The molecule has 0 aliphatic rings. The molecule has 0 aliphatic heterocycles. The molecule has 2 aromatic rings. The summed E-state index contributed by atoms with van der Waals surface area (Å²) in [6, 6.07) is 9.53. The lowest BCUT2D eigenvalue weighted by molar-refractivity contribution is -0.154. The largest absolute Gasteiger partial charge is 0.468 e. The van der Waals surface area contributed by atoms with E-state index in [4.69, 9.17) is 4.74 Å². The predicted octanol–water partition coefficient (Wildman–Crippen LogP) is 3.92. The normalized spacial score (nSPS) is 12.0. The van der Waals surface area contributed by atoms with Gasteiger partial charge in [0.1, 0.15) is 0 Å². The Morgan fingerprint density at radius 1 is 1.18 bits per heavy atom. The number of aliphatic imine (C=N–C) groups is 1. The van der Waals surface area contributed by atoms with E-state index in [1.807, 2.05) is 19.2 Å². The zero-order valence-corrected chi connectivity index (χ0v) is 16.7. The number of hydrogen-bond acceptors (Lipinski definition) is 4. The lowest BCUT2D eigenvalue weighted by atomic mass is 10.1. The fraction of sp³-hybridized carbons (Fsp3) is 0.368. The molecule has 0 saturated carbocycles. The summed E-state index contributed by atoms with van der Waals surface area (Å²) >= 11 is 1.67. The van der Waals surface area contributed by atoms with Crippen LogP contribution in [-0.2, 0) is 13.1 Å². The van der Waals surface area contributed by atoms with Gasteiger partial charge < -0.3 is 15.4 Å². The number of halogens is 3. The average Bonchev–Trinajstić information content (AvgIpc) is 2.67. The topological polar surface area (TPSA) is 58.5 Å². The summed E-state index contributed by atoms with van der Waals surface area (Å²) in [5, 5.41) is 6.28. The summed E-state index contributed by atoms with van der Waals surface area (Å²) in [5.74, 6) is 0.476. The number of aromatic nitrogens is 1. The Balaban J connectivity index is 1.96. The molecule has 152 valence electrons. The van der Waals surface area contributed by atoms with Crippen molar-refractivity contribution >= 4 is 17.7 Å². The molecule has 0 fully saturated rings. The van der Waals surface area contributed by atoms with Gasteiger partial charge in [0.25, 0.3) is 0 Å². The summed E-state index contributed by atoms with van der Waals surface area (Å²) in [6.45, 7) is 1.46. The minimum absolute atomic E-state index is 0.0500. The van der Waals surface area contributed by atoms with Crippen molar-refractivity contribution in [2.75, 3.05) is 19.9 Å². The lowest BCUT2D eigenvalue weighted by Crippen LogP contribution is -2.36. The Morgan fingerprint density at radius 3 is 2.54 bits per heavy atom. The average molecular weight is 412 g/mol. The molecule has 0 unspecified atom stereocenters. The summed E-state index contributed by atoms with van der Waals surface area (Å²) in [6.07, 6.45) is -0.997. The first kappa shape index (κ1) is 21.9. The molecule has 2 rings (SSSR count). The van der Waals surface area contributed by atoms with E-state index in [1.54, 1.807) is 30.9 Å². The van der Waals surface area contributed by atoms with Gasteiger partial charge in [-0.2, -0.15) is 13.2 Å². The molecule has 0 amide bonds. The maximum atomic E-state index is 12.4. The smallest absolute Gasteiger partial charge is 0.422 e. The van der Waals surface area contributed by atoms with Crippen molar-refractivity contribution in [3.63, 3.8) is 0 Å². The van der Waals surface area contributed by atoms with E-state index in [-0.39, 0.29) is 12.4 Å². The maximum Gasteiger partial charge on any atom is 0.422 e. The van der Waals surface area contributed by atoms with Gasteiger partial charge in [-0.1, -0.05) is 18.2 Å². The second kappa shape index (κ2) is 10.2. The monoisotopic (exact) mass is 412 g/mol. The maximum absolute atomic E-state index is 12.4. The molecule has 9 heteroatoms. The minimum Gasteiger partial charge on any atom is -0.468 e. The second-order valence-corrected chi connectivity index (χ2v) is 6.81. The number of ether oxygens (including phenoxy) is 1. The highest BCUT2D eigenvalue weighted by molar-refractivity contribution is 7.98. The van der Waals surface area contributed by atoms with Crippen molar-refractivity contribution in [2.24, 2.45) is 4.99 Å². The third-order valence-electron chi connectivity index (χ3n) is 3.78. The highest BCUT2D eigenvalue weighted by Gasteiger charge is 2.29. The van der Waals surface area contributed by atoms with Crippen LogP contribution in [0.3, 0.4) is 0 Å². The number of thioether (sulfide) groups is 1. The van der Waals surface area contributed by atoms with Crippen LogP contribution in [0.1, 0.15) is 16.7 Å².